The SMILES string of the molecule is COC(CN)C(=O)NCCC1CCOC1. The van der Waals surface area contributed by atoms with Crippen molar-refractivity contribution in [1.82, 2.24) is 5.32 Å². The number of amides is 1. The van der Waals surface area contributed by atoms with Gasteiger partial charge in [-0.3, -0.25) is 4.79 Å². The summed E-state index contributed by atoms with van der Waals surface area (Å²) < 4.78 is 10.2. The van der Waals surface area contributed by atoms with Crippen LogP contribution in [-0.2, 0) is 14.3 Å². The highest BCUT2D eigenvalue weighted by molar-refractivity contribution is 5.80. The standard InChI is InChI=1S/C10H20N2O3/c1-14-9(6-11)10(13)12-4-2-8-3-5-15-7-8/h8-9H,2-7,11H2,1H3,(H,12,13). The largest absolute Gasteiger partial charge is 0.381 e. The fourth-order valence-electron chi connectivity index (χ4n) is 1.63. The molecule has 5 nitrogen and oxygen atoms in total. The number of carbonyl (C=O) groups is 1. The molecule has 0 radical (unpaired) electrons. The van der Waals surface area contributed by atoms with Crippen LogP contribution in [0.1, 0.15) is 12.8 Å². The first-order valence-electron chi connectivity index (χ1n) is 5.36. The summed E-state index contributed by atoms with van der Waals surface area (Å²) in [6, 6.07) is 0. The summed E-state index contributed by atoms with van der Waals surface area (Å²) in [6.45, 7) is 2.56. The zero-order chi connectivity index (χ0) is 11.1. The van der Waals surface area contributed by atoms with Gasteiger partial charge >= 0.3 is 0 Å². The Labute approximate surface area is 90.3 Å². The first-order chi connectivity index (χ1) is 7.27. The van der Waals surface area contributed by atoms with Crippen LogP contribution in [0.5, 0.6) is 0 Å². The molecule has 1 saturated heterocycles. The van der Waals surface area contributed by atoms with Crippen molar-refractivity contribution in [1.29, 1.82) is 0 Å². The van der Waals surface area contributed by atoms with Gasteiger partial charge in [-0.15, -0.1) is 0 Å². The molecule has 0 aromatic carbocycles. The molecule has 15 heavy (non-hydrogen) atoms. The lowest BCUT2D eigenvalue weighted by atomic mass is 10.1. The minimum absolute atomic E-state index is 0.126. The highest BCUT2D eigenvalue weighted by Gasteiger charge is 2.18. The zero-order valence-electron chi connectivity index (χ0n) is 9.20. The third-order valence-corrected chi connectivity index (χ3v) is 2.67. The van der Waals surface area contributed by atoms with E-state index in [-0.39, 0.29) is 12.5 Å². The van der Waals surface area contributed by atoms with Gasteiger partial charge in [0.15, 0.2) is 0 Å². The van der Waals surface area contributed by atoms with Gasteiger partial charge < -0.3 is 20.5 Å². The summed E-state index contributed by atoms with van der Waals surface area (Å²) in [5.74, 6) is 0.461. The molecule has 5 heteroatoms. The molecule has 1 heterocycles. The van der Waals surface area contributed by atoms with Crippen molar-refractivity contribution in [3.63, 3.8) is 0 Å². The van der Waals surface area contributed by atoms with Gasteiger partial charge in [0.05, 0.1) is 0 Å². The molecule has 1 fully saturated rings. The third kappa shape index (κ3) is 4.15. The molecule has 0 spiro atoms. The van der Waals surface area contributed by atoms with Gasteiger partial charge in [-0.2, -0.15) is 0 Å². The average molecular weight is 216 g/mol. The van der Waals surface area contributed by atoms with Gasteiger partial charge in [0.25, 0.3) is 0 Å². The number of hydrogen-bond acceptors (Lipinski definition) is 4. The minimum atomic E-state index is -0.523. The van der Waals surface area contributed by atoms with Gasteiger partial charge in [-0.05, 0) is 18.8 Å². The average Bonchev–Trinajstić information content (AvgIpc) is 2.72. The van der Waals surface area contributed by atoms with Crippen molar-refractivity contribution < 1.29 is 14.3 Å². The van der Waals surface area contributed by atoms with Crippen LogP contribution in [0.2, 0.25) is 0 Å². The van der Waals surface area contributed by atoms with Crippen LogP contribution in [0.25, 0.3) is 0 Å². The van der Waals surface area contributed by atoms with E-state index < -0.39 is 6.10 Å². The maximum atomic E-state index is 11.4. The number of rotatable bonds is 6. The lowest BCUT2D eigenvalue weighted by molar-refractivity contribution is -0.130. The predicted molar refractivity (Wildman–Crippen MR) is 56.4 cm³/mol. The van der Waals surface area contributed by atoms with Crippen molar-refractivity contribution in [3.8, 4) is 0 Å². The van der Waals surface area contributed by atoms with Crippen LogP contribution in [0.3, 0.4) is 0 Å². The molecule has 1 amide bonds. The second-order valence-electron chi connectivity index (χ2n) is 3.77. The van der Waals surface area contributed by atoms with Crippen molar-refractivity contribution in [3.05, 3.63) is 0 Å². The maximum Gasteiger partial charge on any atom is 0.250 e. The molecule has 0 aliphatic carbocycles. The fraction of sp³-hybridized carbons (Fsp3) is 0.900. The Kier molecular flexibility index (Phi) is 5.60. The number of hydrogen-bond donors (Lipinski definition) is 2. The smallest absolute Gasteiger partial charge is 0.250 e. The molecule has 2 unspecified atom stereocenters. The van der Waals surface area contributed by atoms with Crippen molar-refractivity contribution >= 4 is 5.91 Å². The van der Waals surface area contributed by atoms with E-state index >= 15 is 0 Å². The van der Waals surface area contributed by atoms with E-state index in [9.17, 15) is 4.79 Å². The number of nitrogens with two attached hydrogens (primary N) is 1. The van der Waals surface area contributed by atoms with E-state index in [2.05, 4.69) is 5.32 Å². The van der Waals surface area contributed by atoms with Crippen LogP contribution in [0.15, 0.2) is 0 Å². The van der Waals surface area contributed by atoms with E-state index in [4.69, 9.17) is 15.2 Å². The summed E-state index contributed by atoms with van der Waals surface area (Å²) >= 11 is 0. The highest BCUT2D eigenvalue weighted by Crippen LogP contribution is 2.15. The molecule has 3 N–H and O–H groups in total. The molecule has 2 atom stereocenters. The Balaban J connectivity index is 2.10. The Bertz CT molecular complexity index is 189. The van der Waals surface area contributed by atoms with Crippen molar-refractivity contribution in [2.24, 2.45) is 11.7 Å². The molecule has 1 rings (SSSR count). The molecule has 88 valence electrons. The monoisotopic (exact) mass is 216 g/mol. The number of methoxy groups -OCH3 is 1. The number of nitrogens with one attached hydrogen (secondary N) is 1. The van der Waals surface area contributed by atoms with Gasteiger partial charge in [-0.25, -0.2) is 0 Å². The second-order valence-corrected chi connectivity index (χ2v) is 3.77. The Morgan fingerprint density at radius 2 is 2.53 bits per heavy atom. The molecule has 0 aromatic heterocycles. The molecule has 0 aromatic rings. The summed E-state index contributed by atoms with van der Waals surface area (Å²) in [6.07, 6.45) is 1.54. The molecular weight excluding hydrogens is 196 g/mol. The minimum Gasteiger partial charge on any atom is -0.381 e. The van der Waals surface area contributed by atoms with Gasteiger partial charge in [0, 0.05) is 33.4 Å². The predicted octanol–water partition coefficient (Wildman–Crippen LogP) is -0.497. The summed E-state index contributed by atoms with van der Waals surface area (Å²) in [5.41, 5.74) is 5.37. The van der Waals surface area contributed by atoms with Crippen LogP contribution in [0.4, 0.5) is 0 Å². The molecule has 0 saturated carbocycles. The lowest BCUT2D eigenvalue weighted by Crippen LogP contribution is -2.41. The van der Waals surface area contributed by atoms with Crippen LogP contribution in [-0.4, -0.2) is 45.4 Å². The van der Waals surface area contributed by atoms with Gasteiger partial charge in [0.2, 0.25) is 5.91 Å². The first-order valence-corrected chi connectivity index (χ1v) is 5.36. The quantitative estimate of drug-likeness (QED) is 0.628. The van der Waals surface area contributed by atoms with Gasteiger partial charge in [-0.1, -0.05) is 0 Å². The lowest BCUT2D eigenvalue weighted by Gasteiger charge is -2.14. The molecular formula is C10H20N2O3. The molecule has 1 aliphatic rings. The van der Waals surface area contributed by atoms with Crippen LogP contribution >= 0.6 is 0 Å². The first kappa shape index (κ1) is 12.4. The zero-order valence-corrected chi connectivity index (χ0v) is 9.20. The summed E-state index contributed by atoms with van der Waals surface area (Å²) in [7, 11) is 1.49. The Morgan fingerprint density at radius 1 is 1.73 bits per heavy atom. The fourth-order valence-corrected chi connectivity index (χ4v) is 1.63. The summed E-state index contributed by atoms with van der Waals surface area (Å²) in [4.78, 5) is 11.4. The molecule has 1 aliphatic heterocycles. The maximum absolute atomic E-state index is 11.4. The van der Waals surface area contributed by atoms with Gasteiger partial charge in [0.1, 0.15) is 6.10 Å². The van der Waals surface area contributed by atoms with Crippen LogP contribution in [0, 0.1) is 5.92 Å². The van der Waals surface area contributed by atoms with E-state index in [1.807, 2.05) is 0 Å². The van der Waals surface area contributed by atoms with Crippen molar-refractivity contribution in [2.45, 2.75) is 18.9 Å². The number of carbonyl (C=O) groups excluding carboxylic acids is 1. The highest BCUT2D eigenvalue weighted by atomic mass is 16.5. The second kappa shape index (κ2) is 6.76. The van der Waals surface area contributed by atoms with E-state index in [0.29, 0.717) is 12.5 Å². The van der Waals surface area contributed by atoms with E-state index in [1.54, 1.807) is 0 Å². The van der Waals surface area contributed by atoms with E-state index in [0.717, 1.165) is 26.1 Å². The normalized spacial score (nSPS) is 22.7. The van der Waals surface area contributed by atoms with Crippen molar-refractivity contribution in [2.75, 3.05) is 33.4 Å². The van der Waals surface area contributed by atoms with Crippen LogP contribution < -0.4 is 11.1 Å². The number of ether oxygens (including phenoxy) is 2. The topological polar surface area (TPSA) is 73.6 Å². The Hall–Kier alpha value is -0.650. The summed E-state index contributed by atoms with van der Waals surface area (Å²) in [5, 5.41) is 2.81. The Morgan fingerprint density at radius 3 is 3.07 bits per heavy atom. The molecule has 0 bridgehead atoms. The van der Waals surface area contributed by atoms with E-state index in [1.165, 1.54) is 7.11 Å². The third-order valence-electron chi connectivity index (χ3n) is 2.67.